The second-order valence-corrected chi connectivity index (χ2v) is 9.74. The normalized spacial score (nSPS) is 10.8. The molecule has 5 nitrogen and oxygen atoms in total. The number of anilines is 2. The van der Waals surface area contributed by atoms with Gasteiger partial charge in [0.2, 0.25) is 0 Å². The number of hydrogen-bond donors (Lipinski definition) is 4. The Balaban J connectivity index is 0.000000555. The van der Waals surface area contributed by atoms with E-state index >= 15 is 0 Å². The van der Waals surface area contributed by atoms with Gasteiger partial charge in [0.25, 0.3) is 5.56 Å². The molecular weight excluding hydrogens is 448 g/mol. The minimum Gasteiger partial charge on any atom is -0.394 e. The maximum Gasteiger partial charge on any atom is 0.271 e. The highest BCUT2D eigenvalue weighted by Gasteiger charge is 2.09. The van der Waals surface area contributed by atoms with Crippen LogP contribution in [-0.2, 0) is 0 Å². The second kappa shape index (κ2) is 11.3. The van der Waals surface area contributed by atoms with E-state index in [4.69, 9.17) is 11.5 Å². The fourth-order valence-electron chi connectivity index (χ4n) is 3.17. The number of rotatable bonds is 5. The van der Waals surface area contributed by atoms with E-state index in [-0.39, 0.29) is 11.2 Å². The molecule has 7 heteroatoms. The molecule has 5 N–H and O–H groups in total. The minimum atomic E-state index is -0.286. The number of aromatic nitrogens is 2. The van der Waals surface area contributed by atoms with Gasteiger partial charge in [-0.25, -0.2) is 4.98 Å². The Morgan fingerprint density at radius 1 is 1.00 bits per heavy atom. The molecule has 172 valence electrons. The zero-order valence-corrected chi connectivity index (χ0v) is 20.8. The van der Waals surface area contributed by atoms with E-state index in [9.17, 15) is 4.79 Å². The Morgan fingerprint density at radius 3 is 2.27 bits per heavy atom. The van der Waals surface area contributed by atoms with Crippen molar-refractivity contribution in [2.75, 3.05) is 23.0 Å². The molecule has 0 atom stereocenters. The molecule has 0 saturated heterocycles. The van der Waals surface area contributed by atoms with Crippen molar-refractivity contribution in [3.8, 4) is 22.3 Å². The van der Waals surface area contributed by atoms with E-state index in [1.807, 2.05) is 18.2 Å². The predicted octanol–water partition coefficient (Wildman–Crippen LogP) is 6.11. The number of benzene rings is 2. The molecule has 0 fully saturated rings. The monoisotopic (exact) mass is 478 g/mol. The highest BCUT2D eigenvalue weighted by Crippen LogP contribution is 2.32. The molecular formula is C26H30N4OS2. The fourth-order valence-corrected chi connectivity index (χ4v) is 3.83. The topological polar surface area (TPSA) is 97.8 Å². The van der Waals surface area contributed by atoms with E-state index in [1.165, 1.54) is 4.90 Å². The highest BCUT2D eigenvalue weighted by molar-refractivity contribution is 7.99. The lowest BCUT2D eigenvalue weighted by Crippen LogP contribution is -2.10. The Bertz CT molecular complexity index is 1280. The minimum absolute atomic E-state index is 0.193. The summed E-state index contributed by atoms with van der Waals surface area (Å²) in [5.41, 5.74) is 16.4. The summed E-state index contributed by atoms with van der Waals surface area (Å²) >= 11 is 5.82. The molecule has 0 bridgehead atoms. The van der Waals surface area contributed by atoms with Crippen LogP contribution in [0.2, 0.25) is 0 Å². The predicted molar refractivity (Wildman–Crippen MR) is 147 cm³/mol. The molecule has 0 saturated carbocycles. The molecule has 0 amide bonds. The van der Waals surface area contributed by atoms with Crippen LogP contribution in [-0.4, -0.2) is 21.5 Å². The summed E-state index contributed by atoms with van der Waals surface area (Å²) in [6, 6.07) is 18.0. The number of H-pyrrole nitrogens is 1. The third kappa shape index (κ3) is 6.33. The van der Waals surface area contributed by atoms with Gasteiger partial charge in [-0.2, -0.15) is 12.6 Å². The van der Waals surface area contributed by atoms with Crippen LogP contribution in [0.25, 0.3) is 33.2 Å². The van der Waals surface area contributed by atoms with E-state index in [1.54, 1.807) is 24.0 Å². The Morgan fingerprint density at radius 2 is 1.67 bits per heavy atom. The largest absolute Gasteiger partial charge is 0.394 e. The maximum atomic E-state index is 11.5. The molecule has 4 rings (SSSR count). The lowest BCUT2D eigenvalue weighted by atomic mass is 10.0. The molecule has 0 aliphatic carbocycles. The van der Waals surface area contributed by atoms with E-state index in [2.05, 4.69) is 73.7 Å². The first-order valence-corrected chi connectivity index (χ1v) is 12.5. The van der Waals surface area contributed by atoms with Crippen molar-refractivity contribution in [2.45, 2.75) is 25.7 Å². The summed E-state index contributed by atoms with van der Waals surface area (Å²) in [5.74, 6) is 3.29. The van der Waals surface area contributed by atoms with Crippen LogP contribution in [0.5, 0.6) is 0 Å². The Hall–Kier alpha value is -2.90. The second-order valence-electron chi connectivity index (χ2n) is 8.04. The highest BCUT2D eigenvalue weighted by atomic mass is 32.2. The molecule has 2 heterocycles. The third-order valence-corrected chi connectivity index (χ3v) is 6.58. The number of nitrogens with two attached hydrogens (primary N) is 2. The van der Waals surface area contributed by atoms with Gasteiger partial charge in [-0.05, 0) is 64.9 Å². The molecule has 0 radical (unpaired) electrons. The number of aromatic amines is 1. The van der Waals surface area contributed by atoms with Gasteiger partial charge in [0.05, 0.1) is 11.2 Å². The van der Waals surface area contributed by atoms with Crippen molar-refractivity contribution in [1.82, 2.24) is 9.97 Å². The van der Waals surface area contributed by atoms with Gasteiger partial charge in [-0.1, -0.05) is 39.0 Å². The molecule has 2 aromatic heterocycles. The van der Waals surface area contributed by atoms with Crippen molar-refractivity contribution in [3.63, 3.8) is 0 Å². The van der Waals surface area contributed by atoms with Crippen molar-refractivity contribution < 1.29 is 0 Å². The van der Waals surface area contributed by atoms with E-state index in [0.29, 0.717) is 5.82 Å². The average Bonchev–Trinajstić information content (AvgIpc) is 2.81. The van der Waals surface area contributed by atoms with Crippen LogP contribution in [0.15, 0.2) is 70.5 Å². The van der Waals surface area contributed by atoms with Crippen LogP contribution in [0.1, 0.15) is 20.8 Å². The number of thiol groups is 1. The van der Waals surface area contributed by atoms with Gasteiger partial charge in [0.15, 0.2) is 0 Å². The summed E-state index contributed by atoms with van der Waals surface area (Å²) in [6.07, 6.45) is 1.66. The lowest BCUT2D eigenvalue weighted by Gasteiger charge is -2.10. The molecule has 0 unspecified atom stereocenters. The van der Waals surface area contributed by atoms with Gasteiger partial charge in [-0.3, -0.25) is 4.79 Å². The third-order valence-electron chi connectivity index (χ3n) is 4.95. The van der Waals surface area contributed by atoms with Crippen molar-refractivity contribution in [3.05, 3.63) is 71.1 Å². The quantitative estimate of drug-likeness (QED) is 0.205. The van der Waals surface area contributed by atoms with Crippen LogP contribution >= 0.6 is 24.4 Å². The maximum absolute atomic E-state index is 11.5. The average molecular weight is 479 g/mol. The van der Waals surface area contributed by atoms with Gasteiger partial charge >= 0.3 is 0 Å². The van der Waals surface area contributed by atoms with Gasteiger partial charge in [-0.15, -0.1) is 11.8 Å². The number of nitrogens with zero attached hydrogens (tertiary/aromatic N) is 1. The van der Waals surface area contributed by atoms with Crippen LogP contribution in [0.3, 0.4) is 0 Å². The Labute approximate surface area is 204 Å². The van der Waals surface area contributed by atoms with Gasteiger partial charge in [0.1, 0.15) is 5.82 Å². The summed E-state index contributed by atoms with van der Waals surface area (Å²) in [6.45, 7) is 6.43. The Kier molecular flexibility index (Phi) is 8.47. The smallest absolute Gasteiger partial charge is 0.271 e. The standard InChI is InChI=1S/C22H20N4OS.C4H10S/c1-2-28-17-6-3-13(4-7-17)18-10-15-9-14(5-8-20(15)26-21(18)24)16-11-19(23)22(27)25-12-16;1-4(2)3-5/h3-12H,2,23H2,1H3,(H2,24,26)(H,25,27);4-5H,3H2,1-2H3. The SMILES string of the molecule is CC(C)CS.CCSc1ccc(-c2cc3cc(-c4c[nH]c(=O)c(N)c4)ccc3nc2N)cc1. The van der Waals surface area contributed by atoms with Crippen LogP contribution in [0.4, 0.5) is 11.5 Å². The zero-order chi connectivity index (χ0) is 24.0. The molecule has 2 aromatic carbocycles. The number of hydrogen-bond acceptors (Lipinski definition) is 6. The molecule has 0 aliphatic rings. The summed E-state index contributed by atoms with van der Waals surface area (Å²) in [7, 11) is 0. The van der Waals surface area contributed by atoms with Gasteiger partial charge in [0, 0.05) is 27.6 Å². The van der Waals surface area contributed by atoms with Crippen LogP contribution < -0.4 is 17.0 Å². The molecule has 33 heavy (non-hydrogen) atoms. The summed E-state index contributed by atoms with van der Waals surface area (Å²) in [5, 5.41) is 0.971. The molecule has 0 spiro atoms. The number of nitrogen functional groups attached to an aromatic ring is 2. The number of thioether (sulfide) groups is 1. The molecule has 0 aliphatic heterocycles. The number of fused-ring (bicyclic) bond motifs is 1. The summed E-state index contributed by atoms with van der Waals surface area (Å²) < 4.78 is 0. The number of nitrogens with one attached hydrogen (secondary N) is 1. The van der Waals surface area contributed by atoms with Crippen LogP contribution in [0, 0.1) is 5.92 Å². The first kappa shape index (κ1) is 24.7. The van der Waals surface area contributed by atoms with Crippen molar-refractivity contribution in [1.29, 1.82) is 0 Å². The molecule has 4 aromatic rings. The lowest BCUT2D eigenvalue weighted by molar-refractivity contribution is 0.753. The van der Waals surface area contributed by atoms with Gasteiger partial charge < -0.3 is 16.5 Å². The first-order chi connectivity index (χ1) is 15.8. The van der Waals surface area contributed by atoms with E-state index in [0.717, 1.165) is 50.6 Å². The summed E-state index contributed by atoms with van der Waals surface area (Å²) in [4.78, 5) is 20.0. The fraction of sp³-hybridized carbons (Fsp3) is 0.231. The van der Waals surface area contributed by atoms with Crippen molar-refractivity contribution >= 4 is 46.8 Å². The van der Waals surface area contributed by atoms with E-state index < -0.39 is 0 Å². The van der Waals surface area contributed by atoms with Crippen molar-refractivity contribution in [2.24, 2.45) is 5.92 Å². The number of pyridine rings is 2. The first-order valence-electron chi connectivity index (χ1n) is 10.8. The zero-order valence-electron chi connectivity index (χ0n) is 19.1.